The summed E-state index contributed by atoms with van der Waals surface area (Å²) in [6.45, 7) is 8.86. The van der Waals surface area contributed by atoms with Gasteiger partial charge in [-0.3, -0.25) is 19.9 Å². The Balaban J connectivity index is 0.000000187. The van der Waals surface area contributed by atoms with Crippen molar-refractivity contribution in [3.63, 3.8) is 0 Å². The largest absolute Gasteiger partial charge is 0.398 e. The van der Waals surface area contributed by atoms with E-state index in [1.54, 1.807) is 54.6 Å². The topological polar surface area (TPSA) is 150 Å². The fourth-order valence-electron chi connectivity index (χ4n) is 7.82. The molecular formula is C48H52N6O6S2. The molecule has 0 aromatic heterocycles. The monoisotopic (exact) mass is 872 g/mol. The minimum atomic E-state index is -3.69. The average Bonchev–Trinajstić information content (AvgIpc) is 3.29. The van der Waals surface area contributed by atoms with Crippen molar-refractivity contribution in [3.05, 3.63) is 190 Å². The first-order valence-corrected chi connectivity index (χ1v) is 24.0. The van der Waals surface area contributed by atoms with Gasteiger partial charge in [0.1, 0.15) is 0 Å². The van der Waals surface area contributed by atoms with Crippen molar-refractivity contribution >= 4 is 42.4 Å². The zero-order valence-corrected chi connectivity index (χ0v) is 36.2. The maximum absolute atomic E-state index is 12.8. The highest BCUT2D eigenvalue weighted by Gasteiger charge is 2.25. The number of nitro benzene ring substituents is 1. The lowest BCUT2D eigenvalue weighted by Crippen LogP contribution is -2.46. The Morgan fingerprint density at radius 2 is 0.855 bits per heavy atom. The number of benzene rings is 6. The standard InChI is InChI=1S/C24H25N3O4S.C24H27N3O2S/c28-27(29)24-12-11-22(17-21(24)19-32(30,31)23-9-5-2-6-10-23)26-15-13-25(14-16-26)18-20-7-3-1-4-8-20;25-24-12-11-22(17-21(24)19-30(28,29)23-9-5-2-6-10-23)27-15-13-26(14-16-27)18-20-7-3-1-4-8-20/h1-12,17H,13-16,18-19H2;1-12,17H,13-16,18-19,25H2. The number of nitrogen functional groups attached to an aromatic ring is 1. The summed E-state index contributed by atoms with van der Waals surface area (Å²) >= 11 is 0. The molecule has 8 rings (SSSR count). The Bertz CT molecular complexity index is 2620. The Morgan fingerprint density at radius 3 is 1.27 bits per heavy atom. The van der Waals surface area contributed by atoms with Gasteiger partial charge in [0.25, 0.3) is 5.69 Å². The van der Waals surface area contributed by atoms with E-state index in [1.165, 1.54) is 29.3 Å². The third kappa shape index (κ3) is 11.6. The maximum atomic E-state index is 12.8. The zero-order valence-electron chi connectivity index (χ0n) is 34.6. The Kier molecular flexibility index (Phi) is 14.3. The van der Waals surface area contributed by atoms with Crippen LogP contribution in [0.5, 0.6) is 0 Å². The molecule has 14 heteroatoms. The van der Waals surface area contributed by atoms with Crippen molar-refractivity contribution in [1.82, 2.24) is 9.80 Å². The SMILES string of the molecule is Nc1ccc(N2CCN(Cc3ccccc3)CC2)cc1CS(=O)(=O)c1ccccc1.O=[N+]([O-])c1ccc(N2CCN(Cc3ccccc3)CC2)cc1CS(=O)(=O)c1ccccc1. The van der Waals surface area contributed by atoms with Gasteiger partial charge in [0.05, 0.1) is 26.2 Å². The second-order valence-electron chi connectivity index (χ2n) is 15.6. The van der Waals surface area contributed by atoms with Crippen molar-refractivity contribution in [2.75, 3.05) is 67.9 Å². The van der Waals surface area contributed by atoms with Crippen LogP contribution in [0.4, 0.5) is 22.7 Å². The molecule has 322 valence electrons. The van der Waals surface area contributed by atoms with E-state index in [0.717, 1.165) is 76.8 Å². The Morgan fingerprint density at radius 1 is 0.484 bits per heavy atom. The Hall–Kier alpha value is -6.06. The number of anilines is 3. The van der Waals surface area contributed by atoms with Crippen molar-refractivity contribution in [2.24, 2.45) is 0 Å². The van der Waals surface area contributed by atoms with Crippen LogP contribution in [0, 0.1) is 10.1 Å². The smallest absolute Gasteiger partial charge is 0.273 e. The first kappa shape index (κ1) is 44.0. The van der Waals surface area contributed by atoms with E-state index in [2.05, 4.69) is 56.0 Å². The van der Waals surface area contributed by atoms with Crippen LogP contribution in [0.2, 0.25) is 0 Å². The zero-order chi connectivity index (χ0) is 43.5. The third-order valence-corrected chi connectivity index (χ3v) is 14.6. The molecule has 2 fully saturated rings. The summed E-state index contributed by atoms with van der Waals surface area (Å²) in [5.74, 6) is -0.500. The normalized spacial score (nSPS) is 15.1. The molecule has 0 spiro atoms. The quantitative estimate of drug-likeness (QED) is 0.0700. The number of hydrogen-bond donors (Lipinski definition) is 1. The molecule has 0 atom stereocenters. The lowest BCUT2D eigenvalue weighted by Gasteiger charge is -2.36. The minimum Gasteiger partial charge on any atom is -0.398 e. The number of nitrogens with zero attached hydrogens (tertiary/aromatic N) is 5. The van der Waals surface area contributed by atoms with Gasteiger partial charge in [0.2, 0.25) is 0 Å². The number of piperazine rings is 2. The van der Waals surface area contributed by atoms with Gasteiger partial charge in [-0.2, -0.15) is 0 Å². The summed E-state index contributed by atoms with van der Waals surface area (Å²) in [5.41, 5.74) is 11.8. The van der Waals surface area contributed by atoms with Crippen LogP contribution in [-0.2, 0) is 44.3 Å². The molecule has 0 bridgehead atoms. The second-order valence-corrected chi connectivity index (χ2v) is 19.6. The molecule has 2 aliphatic heterocycles. The molecule has 0 unspecified atom stereocenters. The van der Waals surface area contributed by atoms with Gasteiger partial charge in [0.15, 0.2) is 19.7 Å². The number of nitrogens with two attached hydrogens (primary N) is 1. The molecule has 2 saturated heterocycles. The summed E-state index contributed by atoms with van der Waals surface area (Å²) in [7, 11) is -7.12. The highest BCUT2D eigenvalue weighted by Crippen LogP contribution is 2.30. The van der Waals surface area contributed by atoms with Gasteiger partial charge in [-0.25, -0.2) is 16.8 Å². The molecule has 2 heterocycles. The lowest BCUT2D eigenvalue weighted by atomic mass is 10.1. The lowest BCUT2D eigenvalue weighted by molar-refractivity contribution is -0.385. The fraction of sp³-hybridized carbons (Fsp3) is 0.250. The molecule has 6 aromatic carbocycles. The molecule has 0 radical (unpaired) electrons. The highest BCUT2D eigenvalue weighted by atomic mass is 32.2. The van der Waals surface area contributed by atoms with Crippen LogP contribution in [0.3, 0.4) is 0 Å². The summed E-state index contributed by atoms with van der Waals surface area (Å²) in [6, 6.07) is 47.9. The van der Waals surface area contributed by atoms with Crippen LogP contribution < -0.4 is 15.5 Å². The fourth-order valence-corrected chi connectivity index (χ4v) is 10.6. The first-order valence-electron chi connectivity index (χ1n) is 20.7. The van der Waals surface area contributed by atoms with E-state index in [4.69, 9.17) is 5.73 Å². The van der Waals surface area contributed by atoms with Crippen LogP contribution in [0.25, 0.3) is 0 Å². The summed E-state index contributed by atoms with van der Waals surface area (Å²) in [4.78, 5) is 20.8. The molecule has 2 aliphatic rings. The van der Waals surface area contributed by atoms with Gasteiger partial charge in [-0.05, 0) is 71.3 Å². The van der Waals surface area contributed by atoms with E-state index in [1.807, 2.05) is 48.5 Å². The number of sulfone groups is 2. The third-order valence-electron chi connectivity index (χ3n) is 11.3. The molecule has 0 amide bonds. The van der Waals surface area contributed by atoms with Gasteiger partial charge < -0.3 is 15.5 Å². The molecule has 0 aliphatic carbocycles. The summed E-state index contributed by atoms with van der Waals surface area (Å²) in [5, 5.41) is 11.5. The number of hydrogen-bond acceptors (Lipinski definition) is 11. The van der Waals surface area contributed by atoms with Crippen LogP contribution >= 0.6 is 0 Å². The van der Waals surface area contributed by atoms with Gasteiger partial charge in [-0.15, -0.1) is 0 Å². The molecular weight excluding hydrogens is 821 g/mol. The average molecular weight is 873 g/mol. The molecule has 0 saturated carbocycles. The van der Waals surface area contributed by atoms with E-state index in [0.29, 0.717) is 16.1 Å². The maximum Gasteiger partial charge on any atom is 0.273 e. The molecule has 12 nitrogen and oxygen atoms in total. The van der Waals surface area contributed by atoms with E-state index in [-0.39, 0.29) is 21.9 Å². The summed E-state index contributed by atoms with van der Waals surface area (Å²) < 4.78 is 51.2. The van der Waals surface area contributed by atoms with Crippen LogP contribution in [-0.4, -0.2) is 83.9 Å². The van der Waals surface area contributed by atoms with Gasteiger partial charge in [-0.1, -0.05) is 97.1 Å². The predicted octanol–water partition coefficient (Wildman–Crippen LogP) is 7.46. The molecule has 2 N–H and O–H groups in total. The van der Waals surface area contributed by atoms with Crippen molar-refractivity contribution in [1.29, 1.82) is 0 Å². The van der Waals surface area contributed by atoms with Crippen LogP contribution in [0.15, 0.2) is 168 Å². The van der Waals surface area contributed by atoms with Crippen molar-refractivity contribution in [2.45, 2.75) is 34.4 Å². The highest BCUT2D eigenvalue weighted by molar-refractivity contribution is 7.91. The molecule has 62 heavy (non-hydrogen) atoms. The number of rotatable bonds is 13. The molecule has 6 aromatic rings. The van der Waals surface area contributed by atoms with E-state index in [9.17, 15) is 26.9 Å². The van der Waals surface area contributed by atoms with Gasteiger partial charge >= 0.3 is 0 Å². The predicted molar refractivity (Wildman–Crippen MR) is 246 cm³/mol. The second kappa shape index (κ2) is 20.2. The van der Waals surface area contributed by atoms with Gasteiger partial charge in [0, 0.05) is 94.1 Å². The van der Waals surface area contributed by atoms with E-state index < -0.39 is 30.4 Å². The van der Waals surface area contributed by atoms with Crippen molar-refractivity contribution < 1.29 is 21.8 Å². The van der Waals surface area contributed by atoms with E-state index >= 15 is 0 Å². The number of nitro groups is 1. The van der Waals surface area contributed by atoms with Crippen LogP contribution in [0.1, 0.15) is 22.3 Å². The van der Waals surface area contributed by atoms with Crippen molar-refractivity contribution in [3.8, 4) is 0 Å². The minimum absolute atomic E-state index is 0.0926. The first-order chi connectivity index (χ1) is 29.9. The summed E-state index contributed by atoms with van der Waals surface area (Å²) in [6.07, 6.45) is 0. The Labute approximate surface area is 364 Å².